The van der Waals surface area contributed by atoms with Crippen LogP contribution in [0.1, 0.15) is 253 Å². The highest BCUT2D eigenvalue weighted by Crippen LogP contribution is 2.17. The Bertz CT molecular complexity index is 811. The van der Waals surface area contributed by atoms with Crippen LogP contribution in [-0.2, 0) is 28.6 Å². The number of hydrogen-bond donors (Lipinski definition) is 0. The predicted molar refractivity (Wildman–Crippen MR) is 224 cm³/mol. The number of carbonyl (C=O) groups excluding carboxylic acids is 3. The van der Waals surface area contributed by atoms with E-state index in [9.17, 15) is 14.4 Å². The maximum Gasteiger partial charge on any atom is 0.306 e. The van der Waals surface area contributed by atoms with Crippen molar-refractivity contribution in [1.29, 1.82) is 0 Å². The highest BCUT2D eigenvalue weighted by molar-refractivity contribution is 5.71. The molecule has 0 aliphatic rings. The van der Waals surface area contributed by atoms with E-state index in [4.69, 9.17) is 14.2 Å². The lowest BCUT2D eigenvalue weighted by molar-refractivity contribution is -0.167. The summed E-state index contributed by atoms with van der Waals surface area (Å²) in [4.78, 5) is 37.7. The van der Waals surface area contributed by atoms with Gasteiger partial charge in [-0.2, -0.15) is 0 Å². The maximum absolute atomic E-state index is 12.7. The molecule has 0 bridgehead atoms. The Morgan fingerprint density at radius 2 is 0.717 bits per heavy atom. The van der Waals surface area contributed by atoms with Gasteiger partial charge in [0.1, 0.15) is 13.2 Å². The van der Waals surface area contributed by atoms with Crippen molar-refractivity contribution in [2.24, 2.45) is 11.8 Å². The van der Waals surface area contributed by atoms with Crippen LogP contribution in [0.25, 0.3) is 0 Å². The standard InChI is InChI=1S/C47H90O6/c1-6-8-9-10-11-12-18-22-29-34-39-47(50)53-44(41-52-46(49)38-33-28-24-23-26-31-36-43(5)7-2)40-51-45(48)37-32-27-21-19-16-14-13-15-17-20-25-30-35-42(3)4/h42-44H,6-41H2,1-5H3/t43?,44-/m0/s1. The molecule has 0 spiro atoms. The van der Waals surface area contributed by atoms with E-state index in [1.165, 1.54) is 141 Å². The molecule has 314 valence electrons. The first kappa shape index (κ1) is 51.4. The topological polar surface area (TPSA) is 78.9 Å². The lowest BCUT2D eigenvalue weighted by atomic mass is 10.00. The Labute approximate surface area is 329 Å². The molecule has 53 heavy (non-hydrogen) atoms. The van der Waals surface area contributed by atoms with Crippen LogP contribution in [0.3, 0.4) is 0 Å². The molecule has 0 fully saturated rings. The zero-order valence-electron chi connectivity index (χ0n) is 36.1. The Kier molecular flexibility index (Phi) is 38.9. The van der Waals surface area contributed by atoms with E-state index in [1.54, 1.807) is 0 Å². The Balaban J connectivity index is 4.30. The van der Waals surface area contributed by atoms with Crippen LogP contribution >= 0.6 is 0 Å². The number of esters is 3. The van der Waals surface area contributed by atoms with Gasteiger partial charge in [-0.15, -0.1) is 0 Å². The van der Waals surface area contributed by atoms with E-state index in [0.29, 0.717) is 19.3 Å². The van der Waals surface area contributed by atoms with Gasteiger partial charge in [-0.25, -0.2) is 0 Å². The molecule has 0 saturated heterocycles. The van der Waals surface area contributed by atoms with Crippen LogP contribution < -0.4 is 0 Å². The van der Waals surface area contributed by atoms with Crippen molar-refractivity contribution in [3.63, 3.8) is 0 Å². The van der Waals surface area contributed by atoms with Gasteiger partial charge in [0.25, 0.3) is 0 Å². The van der Waals surface area contributed by atoms with Crippen LogP contribution in [0.4, 0.5) is 0 Å². The third-order valence-corrected chi connectivity index (χ3v) is 10.8. The minimum atomic E-state index is -0.760. The lowest BCUT2D eigenvalue weighted by Crippen LogP contribution is -2.30. The molecule has 0 heterocycles. The molecule has 0 aromatic carbocycles. The monoisotopic (exact) mass is 751 g/mol. The second kappa shape index (κ2) is 40.1. The van der Waals surface area contributed by atoms with E-state index in [0.717, 1.165) is 69.6 Å². The summed E-state index contributed by atoms with van der Waals surface area (Å²) in [5.74, 6) is 0.788. The molecule has 0 saturated carbocycles. The van der Waals surface area contributed by atoms with Gasteiger partial charge in [-0.1, -0.05) is 214 Å². The number of hydrogen-bond acceptors (Lipinski definition) is 6. The van der Waals surface area contributed by atoms with Crippen molar-refractivity contribution in [1.82, 2.24) is 0 Å². The smallest absolute Gasteiger partial charge is 0.306 e. The maximum atomic E-state index is 12.7. The Morgan fingerprint density at radius 3 is 1.08 bits per heavy atom. The first-order chi connectivity index (χ1) is 25.8. The van der Waals surface area contributed by atoms with Crippen molar-refractivity contribution in [2.45, 2.75) is 259 Å². The normalized spacial score (nSPS) is 12.6. The number of ether oxygens (including phenoxy) is 3. The summed E-state index contributed by atoms with van der Waals surface area (Å²) in [5.41, 5.74) is 0. The lowest BCUT2D eigenvalue weighted by Gasteiger charge is -2.18. The van der Waals surface area contributed by atoms with E-state index < -0.39 is 6.10 Å². The third-order valence-electron chi connectivity index (χ3n) is 10.8. The number of unbranched alkanes of at least 4 members (excludes halogenated alkanes) is 25. The summed E-state index contributed by atoms with van der Waals surface area (Å²) in [6.07, 6.45) is 38.0. The minimum Gasteiger partial charge on any atom is -0.462 e. The first-order valence-corrected chi connectivity index (χ1v) is 23.3. The van der Waals surface area contributed by atoms with Crippen molar-refractivity contribution in [2.75, 3.05) is 13.2 Å². The van der Waals surface area contributed by atoms with Gasteiger partial charge in [0.2, 0.25) is 0 Å². The summed E-state index contributed by atoms with van der Waals surface area (Å²) >= 11 is 0. The molecular weight excluding hydrogens is 661 g/mol. The quantitative estimate of drug-likeness (QED) is 0.0352. The van der Waals surface area contributed by atoms with Crippen LogP contribution in [0.5, 0.6) is 0 Å². The van der Waals surface area contributed by atoms with Crippen LogP contribution in [0.2, 0.25) is 0 Å². The van der Waals surface area contributed by atoms with E-state index in [-0.39, 0.29) is 31.1 Å². The third kappa shape index (κ3) is 39.9. The zero-order valence-corrected chi connectivity index (χ0v) is 36.1. The summed E-state index contributed by atoms with van der Waals surface area (Å²) in [5, 5.41) is 0. The van der Waals surface area contributed by atoms with Gasteiger partial charge in [0.15, 0.2) is 6.10 Å². The molecule has 0 aliphatic heterocycles. The summed E-state index contributed by atoms with van der Waals surface area (Å²) < 4.78 is 16.7. The van der Waals surface area contributed by atoms with Crippen molar-refractivity contribution < 1.29 is 28.6 Å². The Hall–Kier alpha value is -1.59. The molecule has 1 unspecified atom stereocenters. The largest absolute Gasteiger partial charge is 0.462 e. The molecule has 0 rings (SSSR count). The van der Waals surface area contributed by atoms with Gasteiger partial charge in [0, 0.05) is 19.3 Å². The molecule has 0 N–H and O–H groups in total. The second-order valence-electron chi connectivity index (χ2n) is 16.8. The fourth-order valence-electron chi connectivity index (χ4n) is 6.90. The average molecular weight is 751 g/mol. The van der Waals surface area contributed by atoms with E-state index in [1.807, 2.05) is 0 Å². The molecule has 0 aromatic heterocycles. The SMILES string of the molecule is CCCCCCCCCCCCC(=O)O[C@@H](COC(=O)CCCCCCCCCCCCCCC(C)C)COC(=O)CCCCCCCCC(C)CC. The van der Waals surface area contributed by atoms with Gasteiger partial charge in [-0.3, -0.25) is 14.4 Å². The number of rotatable bonds is 41. The summed E-state index contributed by atoms with van der Waals surface area (Å²) in [7, 11) is 0. The van der Waals surface area contributed by atoms with Gasteiger partial charge in [0.05, 0.1) is 0 Å². The molecule has 0 amide bonds. The Morgan fingerprint density at radius 1 is 0.396 bits per heavy atom. The highest BCUT2D eigenvalue weighted by atomic mass is 16.6. The first-order valence-electron chi connectivity index (χ1n) is 23.3. The van der Waals surface area contributed by atoms with Gasteiger partial charge >= 0.3 is 17.9 Å². The van der Waals surface area contributed by atoms with Crippen LogP contribution in [0, 0.1) is 11.8 Å². The van der Waals surface area contributed by atoms with Gasteiger partial charge < -0.3 is 14.2 Å². The van der Waals surface area contributed by atoms with Crippen LogP contribution in [-0.4, -0.2) is 37.2 Å². The van der Waals surface area contributed by atoms with E-state index >= 15 is 0 Å². The van der Waals surface area contributed by atoms with Crippen molar-refractivity contribution >= 4 is 17.9 Å². The van der Waals surface area contributed by atoms with Crippen molar-refractivity contribution in [3.8, 4) is 0 Å². The molecule has 0 radical (unpaired) electrons. The molecular formula is C47H90O6. The summed E-state index contributed by atoms with van der Waals surface area (Å²) in [6, 6.07) is 0. The summed E-state index contributed by atoms with van der Waals surface area (Å²) in [6.45, 7) is 11.3. The number of carbonyl (C=O) groups is 3. The van der Waals surface area contributed by atoms with E-state index in [2.05, 4.69) is 34.6 Å². The molecule has 0 aliphatic carbocycles. The van der Waals surface area contributed by atoms with Crippen molar-refractivity contribution in [3.05, 3.63) is 0 Å². The fraction of sp³-hybridized carbons (Fsp3) is 0.936. The fourth-order valence-corrected chi connectivity index (χ4v) is 6.90. The molecule has 6 nitrogen and oxygen atoms in total. The molecule has 2 atom stereocenters. The molecule has 0 aromatic rings. The second-order valence-corrected chi connectivity index (χ2v) is 16.8. The predicted octanol–water partition coefficient (Wildman–Crippen LogP) is 14.6. The van der Waals surface area contributed by atoms with Crippen LogP contribution in [0.15, 0.2) is 0 Å². The van der Waals surface area contributed by atoms with Gasteiger partial charge in [-0.05, 0) is 31.1 Å². The highest BCUT2D eigenvalue weighted by Gasteiger charge is 2.19. The average Bonchev–Trinajstić information content (AvgIpc) is 3.14. The zero-order chi connectivity index (χ0) is 39.0. The molecule has 6 heteroatoms. The minimum absolute atomic E-state index is 0.0652.